The number of hydrogen-bond acceptors (Lipinski definition) is 2. The Bertz CT molecular complexity index is 154. The van der Waals surface area contributed by atoms with Crippen LogP contribution in [-0.2, 0) is 9.53 Å². The van der Waals surface area contributed by atoms with E-state index in [9.17, 15) is 4.79 Å². The van der Waals surface area contributed by atoms with E-state index < -0.39 is 0 Å². The number of carbonyl (C=O) groups excluding carboxylic acids is 1. The van der Waals surface area contributed by atoms with Crippen LogP contribution in [0.3, 0.4) is 0 Å². The van der Waals surface area contributed by atoms with Gasteiger partial charge in [-0.1, -0.05) is 0 Å². The average molecular weight is 143 g/mol. The van der Waals surface area contributed by atoms with Gasteiger partial charge in [-0.3, -0.25) is 4.79 Å². The van der Waals surface area contributed by atoms with E-state index in [1.807, 2.05) is 13.8 Å². The van der Waals surface area contributed by atoms with Crippen molar-refractivity contribution in [2.45, 2.75) is 25.9 Å². The molecular weight excluding hydrogens is 130 g/mol. The second-order valence-electron chi connectivity index (χ2n) is 3.20. The first-order valence-corrected chi connectivity index (χ1v) is 3.47. The van der Waals surface area contributed by atoms with E-state index in [2.05, 4.69) is 0 Å². The van der Waals surface area contributed by atoms with Gasteiger partial charge in [0.25, 0.3) is 0 Å². The molecule has 3 nitrogen and oxygen atoms in total. The lowest BCUT2D eigenvalue weighted by Gasteiger charge is -2.22. The van der Waals surface area contributed by atoms with Gasteiger partial charge < -0.3 is 10.5 Å². The summed E-state index contributed by atoms with van der Waals surface area (Å²) >= 11 is 0. The van der Waals surface area contributed by atoms with Gasteiger partial charge in [0, 0.05) is 6.61 Å². The zero-order valence-electron chi connectivity index (χ0n) is 6.39. The molecular formula is C7H13NO2. The van der Waals surface area contributed by atoms with E-state index in [1.165, 1.54) is 0 Å². The Balaban J connectivity index is 2.68. The molecule has 1 fully saturated rings. The third-order valence-electron chi connectivity index (χ3n) is 2.06. The van der Waals surface area contributed by atoms with Gasteiger partial charge in [0.2, 0.25) is 5.91 Å². The van der Waals surface area contributed by atoms with Crippen molar-refractivity contribution in [2.75, 3.05) is 6.61 Å². The summed E-state index contributed by atoms with van der Waals surface area (Å²) in [4.78, 5) is 10.8. The van der Waals surface area contributed by atoms with Crippen molar-refractivity contribution in [2.24, 2.45) is 11.7 Å². The fraction of sp³-hybridized carbons (Fsp3) is 0.857. The molecule has 1 unspecified atom stereocenters. The number of carbonyl (C=O) groups is 1. The van der Waals surface area contributed by atoms with Gasteiger partial charge in [-0.15, -0.1) is 0 Å². The lowest BCUT2D eigenvalue weighted by molar-refractivity contribution is -0.126. The molecule has 1 saturated heterocycles. The largest absolute Gasteiger partial charge is 0.375 e. The first-order chi connectivity index (χ1) is 4.54. The second-order valence-corrected chi connectivity index (χ2v) is 3.20. The molecule has 0 bridgehead atoms. The van der Waals surface area contributed by atoms with Gasteiger partial charge in [-0.05, 0) is 20.3 Å². The maximum absolute atomic E-state index is 10.8. The minimum absolute atomic E-state index is 0.104. The SMILES string of the molecule is CC1(C)OCCC1C(N)=O. The molecule has 0 aromatic heterocycles. The number of rotatable bonds is 1. The molecule has 0 aliphatic carbocycles. The van der Waals surface area contributed by atoms with Gasteiger partial charge in [0.1, 0.15) is 0 Å². The van der Waals surface area contributed by atoms with Gasteiger partial charge in [-0.2, -0.15) is 0 Å². The number of nitrogens with two attached hydrogens (primary N) is 1. The minimum atomic E-state index is -0.341. The van der Waals surface area contributed by atoms with E-state index in [0.717, 1.165) is 6.42 Å². The van der Waals surface area contributed by atoms with Crippen LogP contribution in [0.15, 0.2) is 0 Å². The lowest BCUT2D eigenvalue weighted by Crippen LogP contribution is -2.37. The Morgan fingerprint density at radius 1 is 1.70 bits per heavy atom. The summed E-state index contributed by atoms with van der Waals surface area (Å²) in [6.45, 7) is 4.45. The van der Waals surface area contributed by atoms with E-state index in [-0.39, 0.29) is 17.4 Å². The molecule has 1 rings (SSSR count). The Morgan fingerprint density at radius 3 is 2.50 bits per heavy atom. The molecule has 0 aromatic rings. The van der Waals surface area contributed by atoms with Crippen molar-refractivity contribution in [3.8, 4) is 0 Å². The standard InChI is InChI=1S/C7H13NO2/c1-7(2)5(6(8)9)3-4-10-7/h5H,3-4H2,1-2H3,(H2,8,9). The minimum Gasteiger partial charge on any atom is -0.375 e. The van der Waals surface area contributed by atoms with Crippen molar-refractivity contribution in [1.29, 1.82) is 0 Å². The molecule has 0 saturated carbocycles. The summed E-state index contributed by atoms with van der Waals surface area (Å²) in [7, 11) is 0. The number of hydrogen-bond donors (Lipinski definition) is 1. The molecule has 1 aliphatic heterocycles. The van der Waals surface area contributed by atoms with Crippen molar-refractivity contribution in [3.05, 3.63) is 0 Å². The molecule has 58 valence electrons. The number of ether oxygens (including phenoxy) is 1. The molecule has 0 radical (unpaired) electrons. The number of primary amides is 1. The van der Waals surface area contributed by atoms with Crippen molar-refractivity contribution in [3.63, 3.8) is 0 Å². The van der Waals surface area contributed by atoms with Crippen LogP contribution < -0.4 is 5.73 Å². The Hall–Kier alpha value is -0.570. The zero-order valence-corrected chi connectivity index (χ0v) is 6.39. The predicted octanol–water partition coefficient (Wildman–Crippen LogP) is 0.287. The molecule has 1 heterocycles. The van der Waals surface area contributed by atoms with Gasteiger partial charge >= 0.3 is 0 Å². The van der Waals surface area contributed by atoms with Crippen LogP contribution in [0, 0.1) is 5.92 Å². The Kier molecular flexibility index (Phi) is 1.68. The topological polar surface area (TPSA) is 52.3 Å². The van der Waals surface area contributed by atoms with E-state index >= 15 is 0 Å². The van der Waals surface area contributed by atoms with E-state index in [0.29, 0.717) is 6.61 Å². The van der Waals surface area contributed by atoms with Crippen molar-refractivity contribution in [1.82, 2.24) is 0 Å². The molecule has 1 aliphatic rings. The molecule has 1 amide bonds. The monoisotopic (exact) mass is 143 g/mol. The summed E-state index contributed by atoms with van der Waals surface area (Å²) in [5.41, 5.74) is 4.81. The van der Waals surface area contributed by atoms with E-state index in [1.54, 1.807) is 0 Å². The quantitative estimate of drug-likeness (QED) is 0.573. The smallest absolute Gasteiger partial charge is 0.223 e. The first kappa shape index (κ1) is 7.54. The fourth-order valence-corrected chi connectivity index (χ4v) is 1.37. The maximum atomic E-state index is 10.8. The fourth-order valence-electron chi connectivity index (χ4n) is 1.37. The third-order valence-corrected chi connectivity index (χ3v) is 2.06. The zero-order chi connectivity index (χ0) is 7.78. The highest BCUT2D eigenvalue weighted by atomic mass is 16.5. The lowest BCUT2D eigenvalue weighted by atomic mass is 9.90. The third kappa shape index (κ3) is 1.14. The highest BCUT2D eigenvalue weighted by Gasteiger charge is 2.39. The van der Waals surface area contributed by atoms with Crippen molar-refractivity contribution >= 4 is 5.91 Å². The van der Waals surface area contributed by atoms with Crippen LogP contribution in [0.5, 0.6) is 0 Å². The summed E-state index contributed by atoms with van der Waals surface area (Å²) < 4.78 is 5.31. The predicted molar refractivity (Wildman–Crippen MR) is 37.3 cm³/mol. The number of amides is 1. The molecule has 1 atom stereocenters. The van der Waals surface area contributed by atoms with Crippen LogP contribution in [0.4, 0.5) is 0 Å². The molecule has 0 spiro atoms. The van der Waals surface area contributed by atoms with Crippen LogP contribution >= 0.6 is 0 Å². The summed E-state index contributed by atoms with van der Waals surface area (Å²) in [5, 5.41) is 0. The Labute approximate surface area is 60.5 Å². The average Bonchev–Trinajstić information content (AvgIpc) is 2.08. The van der Waals surface area contributed by atoms with Crippen molar-refractivity contribution < 1.29 is 9.53 Å². The van der Waals surface area contributed by atoms with E-state index in [4.69, 9.17) is 10.5 Å². The highest BCUT2D eigenvalue weighted by molar-refractivity contribution is 5.78. The van der Waals surface area contributed by atoms with Crippen LogP contribution in [-0.4, -0.2) is 18.1 Å². The van der Waals surface area contributed by atoms with Gasteiger partial charge in [-0.25, -0.2) is 0 Å². The molecule has 10 heavy (non-hydrogen) atoms. The Morgan fingerprint density at radius 2 is 2.30 bits per heavy atom. The summed E-state index contributed by atoms with van der Waals surface area (Å²) in [6.07, 6.45) is 0.766. The molecule has 2 N–H and O–H groups in total. The normalized spacial score (nSPS) is 30.4. The second kappa shape index (κ2) is 2.23. The first-order valence-electron chi connectivity index (χ1n) is 3.47. The summed E-state index contributed by atoms with van der Waals surface area (Å²) in [5.74, 6) is -0.352. The molecule has 0 aromatic carbocycles. The van der Waals surface area contributed by atoms with Crippen LogP contribution in [0.1, 0.15) is 20.3 Å². The van der Waals surface area contributed by atoms with Gasteiger partial charge in [0.15, 0.2) is 0 Å². The highest BCUT2D eigenvalue weighted by Crippen LogP contribution is 2.30. The van der Waals surface area contributed by atoms with Crippen LogP contribution in [0.2, 0.25) is 0 Å². The van der Waals surface area contributed by atoms with Gasteiger partial charge in [0.05, 0.1) is 11.5 Å². The van der Waals surface area contributed by atoms with Crippen LogP contribution in [0.25, 0.3) is 0 Å². The maximum Gasteiger partial charge on any atom is 0.223 e. The molecule has 3 heteroatoms. The summed E-state index contributed by atoms with van der Waals surface area (Å²) in [6, 6.07) is 0.